The highest BCUT2D eigenvalue weighted by molar-refractivity contribution is 5.96. The van der Waals surface area contributed by atoms with E-state index in [0.717, 1.165) is 54.9 Å². The van der Waals surface area contributed by atoms with Gasteiger partial charge in [0.2, 0.25) is 0 Å². The number of benzene rings is 2. The zero-order valence-corrected chi connectivity index (χ0v) is 14.8. The van der Waals surface area contributed by atoms with Crippen LogP contribution >= 0.6 is 0 Å². The van der Waals surface area contributed by atoms with Crippen molar-refractivity contribution in [1.29, 1.82) is 0 Å². The van der Waals surface area contributed by atoms with Crippen LogP contribution in [0.25, 0.3) is 22.0 Å². The molecule has 1 aliphatic rings. The highest BCUT2D eigenvalue weighted by atomic mass is 16.5. The molecule has 1 fully saturated rings. The smallest absolute Gasteiger partial charge is 0.352 e. The highest BCUT2D eigenvalue weighted by Crippen LogP contribution is 2.27. The molecule has 1 saturated heterocycles. The van der Waals surface area contributed by atoms with Crippen LogP contribution in [0.4, 0.5) is 0 Å². The predicted molar refractivity (Wildman–Crippen MR) is 101 cm³/mol. The molecule has 2 heterocycles. The van der Waals surface area contributed by atoms with Gasteiger partial charge < -0.3 is 14.4 Å². The predicted octanol–water partition coefficient (Wildman–Crippen LogP) is 3.38. The van der Waals surface area contributed by atoms with Gasteiger partial charge in [-0.1, -0.05) is 30.3 Å². The molecule has 0 unspecified atom stereocenters. The lowest BCUT2D eigenvalue weighted by Gasteiger charge is -2.26. The van der Waals surface area contributed by atoms with Gasteiger partial charge in [0.1, 0.15) is 5.69 Å². The van der Waals surface area contributed by atoms with Crippen molar-refractivity contribution in [2.75, 3.05) is 26.3 Å². The van der Waals surface area contributed by atoms with Crippen LogP contribution in [0.1, 0.15) is 16.1 Å². The second-order valence-electron chi connectivity index (χ2n) is 6.75. The summed E-state index contributed by atoms with van der Waals surface area (Å²) in [5, 5.41) is 10.2. The van der Waals surface area contributed by atoms with Gasteiger partial charge in [-0.3, -0.25) is 4.90 Å². The molecule has 1 aromatic heterocycles. The molecule has 5 nitrogen and oxygen atoms in total. The Bertz CT molecular complexity index is 938. The van der Waals surface area contributed by atoms with E-state index in [1.165, 1.54) is 5.56 Å². The van der Waals surface area contributed by atoms with E-state index in [2.05, 4.69) is 35.2 Å². The lowest BCUT2D eigenvalue weighted by atomic mass is 10.0. The molecule has 0 aliphatic carbocycles. The van der Waals surface area contributed by atoms with Crippen molar-refractivity contribution in [1.82, 2.24) is 9.47 Å². The molecule has 1 aliphatic heterocycles. The molecule has 0 radical (unpaired) electrons. The summed E-state index contributed by atoms with van der Waals surface area (Å²) in [6, 6.07) is 16.4. The van der Waals surface area contributed by atoms with E-state index in [4.69, 9.17) is 4.74 Å². The highest BCUT2D eigenvalue weighted by Gasteiger charge is 2.13. The molecule has 0 spiro atoms. The maximum absolute atomic E-state index is 11.3. The number of fused-ring (bicyclic) bond motifs is 1. The first-order chi connectivity index (χ1) is 12.6. The van der Waals surface area contributed by atoms with E-state index >= 15 is 0 Å². The minimum absolute atomic E-state index is 0.304. The van der Waals surface area contributed by atoms with Gasteiger partial charge in [-0.15, -0.1) is 0 Å². The number of hydrogen-bond acceptors (Lipinski definition) is 3. The number of aromatic carboxylic acids is 1. The molecule has 0 saturated carbocycles. The van der Waals surface area contributed by atoms with Gasteiger partial charge in [0.25, 0.3) is 0 Å². The summed E-state index contributed by atoms with van der Waals surface area (Å²) in [5.74, 6) is -0.905. The molecule has 1 N–H and O–H groups in total. The van der Waals surface area contributed by atoms with Gasteiger partial charge in [0.05, 0.1) is 13.2 Å². The first-order valence-electron chi connectivity index (χ1n) is 8.84. The van der Waals surface area contributed by atoms with Crippen LogP contribution in [0.15, 0.2) is 48.5 Å². The number of carbonyl (C=O) groups is 1. The molecule has 0 amide bonds. The van der Waals surface area contributed by atoms with Gasteiger partial charge in [0.15, 0.2) is 0 Å². The van der Waals surface area contributed by atoms with Gasteiger partial charge in [-0.2, -0.15) is 0 Å². The average molecular weight is 350 g/mol. The number of aromatic nitrogens is 1. The van der Waals surface area contributed by atoms with Crippen LogP contribution in [0.2, 0.25) is 0 Å². The maximum Gasteiger partial charge on any atom is 0.352 e. The molecule has 0 atom stereocenters. The number of aryl methyl sites for hydroxylation is 1. The van der Waals surface area contributed by atoms with Crippen molar-refractivity contribution >= 4 is 16.9 Å². The molecular weight excluding hydrogens is 328 g/mol. The molecule has 4 rings (SSSR count). The Kier molecular flexibility index (Phi) is 4.49. The van der Waals surface area contributed by atoms with Crippen LogP contribution < -0.4 is 0 Å². The van der Waals surface area contributed by atoms with E-state index in [0.29, 0.717) is 5.69 Å². The summed E-state index contributed by atoms with van der Waals surface area (Å²) in [7, 11) is 1.78. The van der Waals surface area contributed by atoms with Crippen molar-refractivity contribution < 1.29 is 14.6 Å². The molecule has 2 aromatic carbocycles. The normalized spacial score (nSPS) is 15.4. The Balaban J connectivity index is 1.57. The Labute approximate surface area is 152 Å². The second-order valence-corrected chi connectivity index (χ2v) is 6.75. The summed E-state index contributed by atoms with van der Waals surface area (Å²) in [6.07, 6.45) is 0. The van der Waals surface area contributed by atoms with E-state index in [-0.39, 0.29) is 0 Å². The van der Waals surface area contributed by atoms with Gasteiger partial charge in [-0.05, 0) is 34.9 Å². The number of rotatable bonds is 4. The van der Waals surface area contributed by atoms with E-state index in [1.54, 1.807) is 17.7 Å². The van der Waals surface area contributed by atoms with Crippen molar-refractivity contribution in [3.8, 4) is 11.1 Å². The molecule has 134 valence electrons. The molecule has 0 bridgehead atoms. The van der Waals surface area contributed by atoms with Crippen molar-refractivity contribution in [3.63, 3.8) is 0 Å². The standard InChI is InChI=1S/C21H22N2O3/c1-22-19-7-6-17(12-18(19)13-20(22)21(24)25)16-4-2-15(3-5-16)14-23-8-10-26-11-9-23/h2-7,12-13H,8-11,14H2,1H3,(H,24,25). The van der Waals surface area contributed by atoms with E-state index in [1.807, 2.05) is 12.1 Å². The fourth-order valence-corrected chi connectivity index (χ4v) is 3.55. The summed E-state index contributed by atoms with van der Waals surface area (Å²) in [6.45, 7) is 4.54. The third kappa shape index (κ3) is 3.23. The van der Waals surface area contributed by atoms with Gasteiger partial charge in [-0.25, -0.2) is 4.79 Å². The first-order valence-corrected chi connectivity index (χ1v) is 8.84. The van der Waals surface area contributed by atoms with Gasteiger partial charge in [0, 0.05) is 37.6 Å². The largest absolute Gasteiger partial charge is 0.477 e. The molecule has 5 heteroatoms. The maximum atomic E-state index is 11.3. The SMILES string of the molecule is Cn1c(C(=O)O)cc2cc(-c3ccc(CN4CCOCC4)cc3)ccc21. The Morgan fingerprint density at radius 1 is 1.04 bits per heavy atom. The number of nitrogens with zero attached hydrogens (tertiary/aromatic N) is 2. The quantitative estimate of drug-likeness (QED) is 0.784. The minimum atomic E-state index is -0.905. The Morgan fingerprint density at radius 3 is 2.42 bits per heavy atom. The fourth-order valence-electron chi connectivity index (χ4n) is 3.55. The number of morpholine rings is 1. The van der Waals surface area contributed by atoms with Crippen LogP contribution in [0, 0.1) is 0 Å². The van der Waals surface area contributed by atoms with Gasteiger partial charge >= 0.3 is 5.97 Å². The fraction of sp³-hybridized carbons (Fsp3) is 0.286. The summed E-state index contributed by atoms with van der Waals surface area (Å²) in [4.78, 5) is 13.7. The summed E-state index contributed by atoms with van der Waals surface area (Å²) < 4.78 is 7.11. The zero-order chi connectivity index (χ0) is 18.1. The summed E-state index contributed by atoms with van der Waals surface area (Å²) in [5.41, 5.74) is 4.76. The Morgan fingerprint density at radius 2 is 1.73 bits per heavy atom. The molecule has 26 heavy (non-hydrogen) atoms. The van der Waals surface area contributed by atoms with E-state index in [9.17, 15) is 9.90 Å². The first kappa shape index (κ1) is 16.8. The average Bonchev–Trinajstić information content (AvgIpc) is 3.00. The second kappa shape index (κ2) is 6.94. The third-order valence-corrected chi connectivity index (χ3v) is 5.06. The van der Waals surface area contributed by atoms with Crippen molar-refractivity contribution in [3.05, 3.63) is 59.8 Å². The van der Waals surface area contributed by atoms with Crippen molar-refractivity contribution in [2.45, 2.75) is 6.54 Å². The monoisotopic (exact) mass is 350 g/mol. The van der Waals surface area contributed by atoms with Crippen LogP contribution in [0.3, 0.4) is 0 Å². The van der Waals surface area contributed by atoms with Crippen LogP contribution in [-0.2, 0) is 18.3 Å². The Hall–Kier alpha value is -2.63. The van der Waals surface area contributed by atoms with Crippen LogP contribution in [0.5, 0.6) is 0 Å². The topological polar surface area (TPSA) is 54.7 Å². The zero-order valence-electron chi connectivity index (χ0n) is 14.8. The lowest BCUT2D eigenvalue weighted by Crippen LogP contribution is -2.35. The number of carboxylic acid groups (broad SMARTS) is 1. The van der Waals surface area contributed by atoms with Crippen molar-refractivity contribution in [2.24, 2.45) is 7.05 Å². The molecule has 3 aromatic rings. The number of carboxylic acids is 1. The number of ether oxygens (including phenoxy) is 1. The van der Waals surface area contributed by atoms with E-state index < -0.39 is 5.97 Å². The minimum Gasteiger partial charge on any atom is -0.477 e. The summed E-state index contributed by atoms with van der Waals surface area (Å²) >= 11 is 0. The number of hydrogen-bond donors (Lipinski definition) is 1. The lowest BCUT2D eigenvalue weighted by molar-refractivity contribution is 0.0342. The van der Waals surface area contributed by atoms with Crippen LogP contribution in [-0.4, -0.2) is 46.8 Å². The molecular formula is C21H22N2O3. The third-order valence-electron chi connectivity index (χ3n) is 5.06.